The van der Waals surface area contributed by atoms with Crippen LogP contribution in [0.4, 0.5) is 8.39 Å². The fraction of sp³-hybridized carbons (Fsp3) is 0.294. The van der Waals surface area contributed by atoms with Gasteiger partial charge in [0.15, 0.2) is 6.29 Å². The highest BCUT2D eigenvalue weighted by atomic mass is 31.2. The van der Waals surface area contributed by atoms with E-state index in [9.17, 15) is 13.0 Å². The topological polar surface area (TPSA) is 72.5 Å². The normalized spacial score (nSPS) is 22.1. The number of ether oxygens (including phenoxy) is 5. The first kappa shape index (κ1) is 32.1. The van der Waals surface area contributed by atoms with Crippen LogP contribution in [-0.2, 0) is 59.2 Å². The molecule has 0 bridgehead atoms. The van der Waals surface area contributed by atoms with Crippen molar-refractivity contribution in [3.8, 4) is 0 Å². The molecule has 1 saturated heterocycles. The van der Waals surface area contributed by atoms with Crippen molar-refractivity contribution in [2.45, 2.75) is 57.1 Å². The van der Waals surface area contributed by atoms with Crippen LogP contribution in [-0.4, -0.2) is 37.3 Å². The summed E-state index contributed by atoms with van der Waals surface area (Å²) < 4.78 is 75.5. The molecule has 10 heteroatoms. The van der Waals surface area contributed by atoms with Crippen LogP contribution < -0.4 is 0 Å². The molecule has 0 saturated carbocycles. The quantitative estimate of drug-likeness (QED) is 0.125. The van der Waals surface area contributed by atoms with Crippen LogP contribution in [0.25, 0.3) is 0 Å². The lowest BCUT2D eigenvalue weighted by Crippen LogP contribution is -2.61. The van der Waals surface area contributed by atoms with Crippen LogP contribution in [0.3, 0.4) is 0 Å². The van der Waals surface area contributed by atoms with Crippen LogP contribution in [0.1, 0.15) is 22.3 Å². The fourth-order valence-electron chi connectivity index (χ4n) is 4.95. The Morgan fingerprint density at radius 2 is 0.932 bits per heavy atom. The monoisotopic (exact) mass is 624 g/mol. The Balaban J connectivity index is 1.44. The second kappa shape index (κ2) is 16.2. The maximum Gasteiger partial charge on any atom is 0.554 e. The Kier molecular flexibility index (Phi) is 11.8. The van der Waals surface area contributed by atoms with Crippen molar-refractivity contribution in [1.29, 1.82) is 0 Å². The van der Waals surface area contributed by atoms with Crippen molar-refractivity contribution in [3.05, 3.63) is 144 Å². The molecule has 0 spiro atoms. The minimum Gasteiger partial charge on any atom is -0.374 e. The van der Waals surface area contributed by atoms with E-state index in [4.69, 9.17) is 28.2 Å². The summed E-state index contributed by atoms with van der Waals surface area (Å²) in [6.07, 6.45) is -5.64. The van der Waals surface area contributed by atoms with Gasteiger partial charge in [-0.1, -0.05) is 121 Å². The van der Waals surface area contributed by atoms with Gasteiger partial charge in [0.2, 0.25) is 0 Å². The third-order valence-corrected chi connectivity index (χ3v) is 7.52. The van der Waals surface area contributed by atoms with E-state index in [0.717, 1.165) is 22.3 Å². The molecule has 4 aromatic rings. The lowest BCUT2D eigenvalue weighted by Gasteiger charge is -2.45. The van der Waals surface area contributed by atoms with Crippen molar-refractivity contribution >= 4 is 7.99 Å². The van der Waals surface area contributed by atoms with Crippen LogP contribution in [0.15, 0.2) is 121 Å². The van der Waals surface area contributed by atoms with Crippen molar-refractivity contribution in [2.75, 3.05) is 6.61 Å². The smallest absolute Gasteiger partial charge is 0.374 e. The lowest BCUT2D eigenvalue weighted by atomic mass is 9.98. The summed E-state index contributed by atoms with van der Waals surface area (Å²) in [4.78, 5) is 0. The van der Waals surface area contributed by atoms with E-state index in [0.29, 0.717) is 0 Å². The highest BCUT2D eigenvalue weighted by Gasteiger charge is 2.51. The molecular formula is C34H35F2O7P. The van der Waals surface area contributed by atoms with E-state index in [2.05, 4.69) is 0 Å². The Bertz CT molecular complexity index is 1430. The van der Waals surface area contributed by atoms with Gasteiger partial charge in [-0.3, -0.25) is 0 Å². The first-order valence-corrected chi connectivity index (χ1v) is 15.8. The summed E-state index contributed by atoms with van der Waals surface area (Å²) in [6, 6.07) is 37.7. The second-order valence-corrected chi connectivity index (χ2v) is 11.4. The van der Waals surface area contributed by atoms with Gasteiger partial charge in [0.05, 0.1) is 33.0 Å². The third-order valence-electron chi connectivity index (χ3n) is 7.07. The molecule has 5 rings (SSSR count). The summed E-state index contributed by atoms with van der Waals surface area (Å²) in [5, 5.41) is 0. The number of benzene rings is 4. The van der Waals surface area contributed by atoms with Gasteiger partial charge in [0.25, 0.3) is 0 Å². The Labute approximate surface area is 256 Å². The summed E-state index contributed by atoms with van der Waals surface area (Å²) in [5.41, 5.74) is 3.48. The van der Waals surface area contributed by atoms with Gasteiger partial charge in [-0.05, 0) is 22.3 Å². The zero-order valence-electron chi connectivity index (χ0n) is 24.0. The summed E-state index contributed by atoms with van der Waals surface area (Å²) in [6.45, 7) is 0.592. The number of hydrogen-bond donors (Lipinski definition) is 0. The molecule has 232 valence electrons. The molecule has 4 aromatic carbocycles. The summed E-state index contributed by atoms with van der Waals surface area (Å²) in [5.74, 6) is 0. The predicted octanol–water partition coefficient (Wildman–Crippen LogP) is 7.75. The molecule has 0 N–H and O–H groups in total. The minimum atomic E-state index is -6.00. The van der Waals surface area contributed by atoms with Crippen LogP contribution in [0.2, 0.25) is 0 Å². The molecule has 1 aliphatic heterocycles. The number of rotatable bonds is 15. The first-order valence-electron chi connectivity index (χ1n) is 14.4. The van der Waals surface area contributed by atoms with E-state index < -0.39 is 38.7 Å². The summed E-state index contributed by atoms with van der Waals surface area (Å²) >= 11 is 0. The molecular weight excluding hydrogens is 589 g/mol. The average molecular weight is 625 g/mol. The number of hydrogen-bond acceptors (Lipinski definition) is 7. The molecule has 1 heterocycles. The second-order valence-electron chi connectivity index (χ2n) is 10.3. The van der Waals surface area contributed by atoms with Gasteiger partial charge in [-0.2, -0.15) is 0 Å². The first-order chi connectivity index (χ1) is 21.4. The van der Waals surface area contributed by atoms with Gasteiger partial charge in [0, 0.05) is 0 Å². The SMILES string of the molecule is O=P(F)(F)O[C@@H]1O[C@H](COCc2ccccc2)[C@H](OCc2ccccc2)[C@H](OCc2ccccc2)[C@H]1OCc1ccccc1. The number of halogens is 2. The maximum absolute atomic E-state index is 14.0. The van der Waals surface area contributed by atoms with Crippen LogP contribution in [0, 0.1) is 0 Å². The van der Waals surface area contributed by atoms with E-state index in [1.54, 1.807) is 0 Å². The maximum atomic E-state index is 14.0. The van der Waals surface area contributed by atoms with Crippen molar-refractivity contribution < 1.29 is 41.2 Å². The largest absolute Gasteiger partial charge is 0.554 e. The Morgan fingerprint density at radius 3 is 1.36 bits per heavy atom. The van der Waals surface area contributed by atoms with Crippen LogP contribution >= 0.6 is 7.99 Å². The lowest BCUT2D eigenvalue weighted by molar-refractivity contribution is -0.311. The average Bonchev–Trinajstić information content (AvgIpc) is 3.04. The van der Waals surface area contributed by atoms with Gasteiger partial charge < -0.3 is 23.7 Å². The van der Waals surface area contributed by atoms with Gasteiger partial charge in [0.1, 0.15) is 24.4 Å². The zero-order chi connectivity index (χ0) is 30.6. The van der Waals surface area contributed by atoms with Gasteiger partial charge in [-0.15, -0.1) is 8.39 Å². The molecule has 5 atom stereocenters. The third kappa shape index (κ3) is 9.87. The molecule has 0 unspecified atom stereocenters. The molecule has 1 fully saturated rings. The van der Waals surface area contributed by atoms with Crippen molar-refractivity contribution in [3.63, 3.8) is 0 Å². The molecule has 0 radical (unpaired) electrons. The van der Waals surface area contributed by atoms with Crippen molar-refractivity contribution in [1.82, 2.24) is 0 Å². The zero-order valence-corrected chi connectivity index (χ0v) is 24.9. The van der Waals surface area contributed by atoms with E-state index in [1.165, 1.54) is 0 Å². The van der Waals surface area contributed by atoms with E-state index in [-0.39, 0.29) is 33.0 Å². The molecule has 0 aliphatic carbocycles. The highest BCUT2D eigenvalue weighted by molar-refractivity contribution is 7.47. The van der Waals surface area contributed by atoms with Gasteiger partial charge in [-0.25, -0.2) is 9.09 Å². The van der Waals surface area contributed by atoms with Crippen LogP contribution in [0.5, 0.6) is 0 Å². The van der Waals surface area contributed by atoms with Gasteiger partial charge >= 0.3 is 7.99 Å². The minimum absolute atomic E-state index is 0.0340. The van der Waals surface area contributed by atoms with Crippen molar-refractivity contribution in [2.24, 2.45) is 0 Å². The molecule has 1 aliphatic rings. The molecule has 0 amide bonds. The molecule has 44 heavy (non-hydrogen) atoms. The fourth-order valence-corrected chi connectivity index (χ4v) is 5.36. The molecule has 0 aromatic heterocycles. The summed E-state index contributed by atoms with van der Waals surface area (Å²) in [7, 11) is -6.00. The standard InChI is InChI=1S/C34H35F2O7P/c35-44(36,37)43-34-33(41-24-29-19-11-4-12-20-29)32(40-23-28-17-9-3-10-18-28)31(39-22-27-15-7-2-8-16-27)30(42-34)25-38-21-26-13-5-1-6-14-26/h1-20,30-34H,21-25H2/t30-,31+,32+,33-,34+/m1/s1. The van der Waals surface area contributed by atoms with E-state index in [1.807, 2.05) is 121 Å². The van der Waals surface area contributed by atoms with E-state index >= 15 is 0 Å². The highest BCUT2D eigenvalue weighted by Crippen LogP contribution is 2.53. The molecule has 7 nitrogen and oxygen atoms in total. The predicted molar refractivity (Wildman–Crippen MR) is 161 cm³/mol. The Hall–Kier alpha value is -3.27. The Morgan fingerprint density at radius 1 is 0.545 bits per heavy atom.